The van der Waals surface area contributed by atoms with Crippen LogP contribution in [0.25, 0.3) is 0 Å². The molecule has 1 N–H and O–H groups in total. The molecule has 5 nitrogen and oxygen atoms in total. The molecule has 9 heteroatoms. The van der Waals surface area contributed by atoms with Gasteiger partial charge in [0.2, 0.25) is 0 Å². The minimum absolute atomic E-state index is 0.287. The van der Waals surface area contributed by atoms with Gasteiger partial charge < -0.3 is 19.5 Å². The van der Waals surface area contributed by atoms with Crippen LogP contribution in [0, 0.1) is 0 Å². The van der Waals surface area contributed by atoms with Gasteiger partial charge in [-0.3, -0.25) is 4.79 Å². The maximum absolute atomic E-state index is 12.6. The lowest BCUT2D eigenvalue weighted by Gasteiger charge is -2.31. The fourth-order valence-electron chi connectivity index (χ4n) is 2.98. The van der Waals surface area contributed by atoms with E-state index in [0.29, 0.717) is 40.7 Å². The molecule has 0 bridgehead atoms. The fourth-order valence-corrected chi connectivity index (χ4v) is 3.91. The molecule has 2 aliphatic rings. The van der Waals surface area contributed by atoms with Gasteiger partial charge in [0, 0.05) is 10.5 Å². The molecule has 2 aromatic carbocycles. The Balaban J connectivity index is 1.66. The van der Waals surface area contributed by atoms with Crippen LogP contribution in [-0.4, -0.2) is 25.5 Å². The number of ether oxygens (including phenoxy) is 3. The van der Waals surface area contributed by atoms with Gasteiger partial charge in [0.25, 0.3) is 11.7 Å². The van der Waals surface area contributed by atoms with Crippen molar-refractivity contribution in [1.29, 1.82) is 0 Å². The van der Waals surface area contributed by atoms with Gasteiger partial charge in [0.15, 0.2) is 0 Å². The van der Waals surface area contributed by atoms with Crippen LogP contribution in [0.2, 0.25) is 0 Å². The van der Waals surface area contributed by atoms with Crippen molar-refractivity contribution >= 4 is 23.4 Å². The highest BCUT2D eigenvalue weighted by Crippen LogP contribution is 2.45. The van der Waals surface area contributed by atoms with Gasteiger partial charge in [-0.2, -0.15) is 0 Å². The van der Waals surface area contributed by atoms with Crippen molar-refractivity contribution in [2.75, 3.05) is 18.5 Å². The van der Waals surface area contributed by atoms with Gasteiger partial charge in [-0.15, -0.1) is 13.2 Å². The Hall–Kier alpha value is -2.23. The summed E-state index contributed by atoms with van der Waals surface area (Å²) in [5, 5.41) is 2.72. The Bertz CT molecular complexity index is 881. The number of hydrogen-bond donors (Lipinski definition) is 1. The summed E-state index contributed by atoms with van der Waals surface area (Å²) in [6, 6.07) is 10.9. The number of carbonyl (C=O) groups is 1. The third kappa shape index (κ3) is 3.50. The second-order valence-corrected chi connectivity index (χ2v) is 7.04. The molecule has 0 aromatic heterocycles. The highest BCUT2D eigenvalue weighted by atomic mass is 32.2. The topological polar surface area (TPSA) is 56.8 Å². The minimum Gasteiger partial charge on any atom is -0.405 e. The summed E-state index contributed by atoms with van der Waals surface area (Å²) in [5.74, 6) is -2.18. The quantitative estimate of drug-likeness (QED) is 0.838. The molecule has 0 aliphatic carbocycles. The summed E-state index contributed by atoms with van der Waals surface area (Å²) in [6.45, 7) is 0.763. The maximum Gasteiger partial charge on any atom is 0.573 e. The Labute approximate surface area is 156 Å². The predicted molar refractivity (Wildman–Crippen MR) is 90.5 cm³/mol. The molecule has 2 heterocycles. The molecule has 1 saturated heterocycles. The van der Waals surface area contributed by atoms with E-state index in [1.165, 1.54) is 18.2 Å². The summed E-state index contributed by atoms with van der Waals surface area (Å²) in [5.41, 5.74) is 1.08. The Morgan fingerprint density at radius 2 is 1.85 bits per heavy atom. The van der Waals surface area contributed by atoms with Crippen LogP contribution in [0.3, 0.4) is 0 Å². The summed E-state index contributed by atoms with van der Waals surface area (Å²) in [6.07, 6.45) is -4.10. The number of nitrogens with one attached hydrogen (secondary N) is 1. The number of anilines is 1. The molecule has 142 valence electrons. The van der Waals surface area contributed by atoms with Gasteiger partial charge in [0.1, 0.15) is 5.75 Å². The molecule has 2 aliphatic heterocycles. The van der Waals surface area contributed by atoms with E-state index >= 15 is 0 Å². The molecule has 0 unspecified atom stereocenters. The lowest BCUT2D eigenvalue weighted by molar-refractivity contribution is -0.275. The molecule has 1 fully saturated rings. The summed E-state index contributed by atoms with van der Waals surface area (Å²) in [4.78, 5) is 13.3. The minimum atomic E-state index is -4.78. The van der Waals surface area contributed by atoms with Crippen molar-refractivity contribution in [3.05, 3.63) is 48.0 Å². The Morgan fingerprint density at radius 3 is 2.59 bits per heavy atom. The smallest absolute Gasteiger partial charge is 0.405 e. The van der Waals surface area contributed by atoms with E-state index in [0.717, 1.165) is 11.8 Å². The molecule has 27 heavy (non-hydrogen) atoms. The molecule has 0 radical (unpaired) electrons. The average molecular weight is 397 g/mol. The van der Waals surface area contributed by atoms with E-state index in [9.17, 15) is 18.0 Å². The number of rotatable bonds is 3. The lowest BCUT2D eigenvalue weighted by atomic mass is 10.1. The maximum atomic E-state index is 12.6. The molecule has 1 amide bonds. The lowest BCUT2D eigenvalue weighted by Crippen LogP contribution is -2.43. The van der Waals surface area contributed by atoms with Crippen molar-refractivity contribution in [1.82, 2.24) is 0 Å². The fraction of sp³-hybridized carbons (Fsp3) is 0.278. The van der Waals surface area contributed by atoms with Gasteiger partial charge >= 0.3 is 6.36 Å². The highest BCUT2D eigenvalue weighted by molar-refractivity contribution is 7.99. The number of benzene rings is 2. The van der Waals surface area contributed by atoms with E-state index < -0.39 is 18.1 Å². The average Bonchev–Trinajstić information content (AvgIpc) is 2.88. The van der Waals surface area contributed by atoms with Gasteiger partial charge in [-0.1, -0.05) is 23.9 Å². The molecule has 2 aromatic rings. The summed E-state index contributed by atoms with van der Waals surface area (Å²) >= 11 is 1.09. The van der Waals surface area contributed by atoms with Crippen LogP contribution in [-0.2, 0) is 20.1 Å². The number of fused-ring (bicyclic) bond motifs is 2. The summed E-state index contributed by atoms with van der Waals surface area (Å²) in [7, 11) is 0. The van der Waals surface area contributed by atoms with Crippen LogP contribution < -0.4 is 10.1 Å². The van der Waals surface area contributed by atoms with E-state index in [-0.39, 0.29) is 5.75 Å². The van der Waals surface area contributed by atoms with Crippen molar-refractivity contribution in [3.63, 3.8) is 0 Å². The Morgan fingerprint density at radius 1 is 1.11 bits per heavy atom. The van der Waals surface area contributed by atoms with E-state index in [4.69, 9.17) is 9.47 Å². The van der Waals surface area contributed by atoms with Crippen molar-refractivity contribution in [2.45, 2.75) is 28.4 Å². The van der Waals surface area contributed by atoms with Crippen LogP contribution in [0.5, 0.6) is 5.75 Å². The molecule has 1 spiro atoms. The van der Waals surface area contributed by atoms with Crippen LogP contribution in [0.1, 0.15) is 12.0 Å². The number of alkyl halides is 3. The predicted octanol–water partition coefficient (Wildman–Crippen LogP) is 4.28. The van der Waals surface area contributed by atoms with E-state index in [1.807, 2.05) is 0 Å². The summed E-state index contributed by atoms with van der Waals surface area (Å²) < 4.78 is 53.2. The van der Waals surface area contributed by atoms with E-state index in [1.54, 1.807) is 24.3 Å². The third-order valence-corrected chi connectivity index (χ3v) is 5.14. The first-order valence-electron chi connectivity index (χ1n) is 8.14. The van der Waals surface area contributed by atoms with Crippen molar-refractivity contribution in [3.8, 4) is 5.75 Å². The zero-order valence-electron chi connectivity index (χ0n) is 13.8. The number of carbonyl (C=O) groups excluding carboxylic acids is 1. The normalized spacial score (nSPS) is 18.3. The first kappa shape index (κ1) is 18.1. The second-order valence-electron chi connectivity index (χ2n) is 5.93. The zero-order valence-corrected chi connectivity index (χ0v) is 14.7. The first-order chi connectivity index (χ1) is 12.9. The number of amides is 1. The van der Waals surface area contributed by atoms with Gasteiger partial charge in [-0.05, 0) is 36.8 Å². The standard InChI is InChI=1S/C18H14F3NO4S/c19-18(20,21)26-14-4-1-2-5-15(14)27-11-6-7-13-12(10-11)17(16(23)22-13)24-8-3-9-25-17/h1-2,4-7,10H,3,8-9H2,(H,22,23). The second kappa shape index (κ2) is 6.74. The number of hydrogen-bond acceptors (Lipinski definition) is 5. The van der Waals surface area contributed by atoms with Crippen molar-refractivity contribution in [2.24, 2.45) is 0 Å². The molecular formula is C18H14F3NO4S. The third-order valence-electron chi connectivity index (χ3n) is 4.09. The first-order valence-corrected chi connectivity index (χ1v) is 8.96. The Kier molecular flexibility index (Phi) is 4.53. The molecule has 0 saturated carbocycles. The van der Waals surface area contributed by atoms with Gasteiger partial charge in [-0.25, -0.2) is 0 Å². The van der Waals surface area contributed by atoms with E-state index in [2.05, 4.69) is 10.1 Å². The number of para-hydroxylation sites is 1. The van der Waals surface area contributed by atoms with Crippen LogP contribution >= 0.6 is 11.8 Å². The monoisotopic (exact) mass is 397 g/mol. The molecular weight excluding hydrogens is 383 g/mol. The van der Waals surface area contributed by atoms with Crippen molar-refractivity contribution < 1.29 is 32.2 Å². The van der Waals surface area contributed by atoms with Crippen LogP contribution in [0.4, 0.5) is 18.9 Å². The largest absolute Gasteiger partial charge is 0.573 e. The SMILES string of the molecule is O=C1Nc2ccc(Sc3ccccc3OC(F)(F)F)cc2C12OCCCO2. The highest BCUT2D eigenvalue weighted by Gasteiger charge is 2.51. The number of halogens is 3. The zero-order chi connectivity index (χ0) is 19.1. The van der Waals surface area contributed by atoms with Crippen LogP contribution in [0.15, 0.2) is 52.3 Å². The van der Waals surface area contributed by atoms with Gasteiger partial charge in [0.05, 0.1) is 23.8 Å². The molecule has 4 rings (SSSR count). The molecule has 0 atom stereocenters.